The summed E-state index contributed by atoms with van der Waals surface area (Å²) in [5, 5.41) is 9.52. The Kier molecular flexibility index (Phi) is 5.45. The van der Waals surface area contributed by atoms with Crippen molar-refractivity contribution in [3.8, 4) is 11.4 Å². The highest BCUT2D eigenvalue weighted by Gasteiger charge is 2.30. The van der Waals surface area contributed by atoms with Crippen LogP contribution in [0.2, 0.25) is 0 Å². The molecule has 0 radical (unpaired) electrons. The Hall–Kier alpha value is -2.88. The van der Waals surface area contributed by atoms with Gasteiger partial charge in [0.05, 0.1) is 29.6 Å². The first-order valence-electron chi connectivity index (χ1n) is 7.86. The van der Waals surface area contributed by atoms with Crippen LogP contribution in [0.4, 0.5) is 13.2 Å². The minimum Gasteiger partial charge on any atom is -0.493 e. The van der Waals surface area contributed by atoms with Crippen LogP contribution in [0.5, 0.6) is 5.75 Å². The van der Waals surface area contributed by atoms with Crippen molar-refractivity contribution < 1.29 is 22.7 Å². The highest BCUT2D eigenvalue weighted by Crippen LogP contribution is 2.30. The number of nitrogens with zero attached hydrogens (tertiary/aromatic N) is 3. The predicted molar refractivity (Wildman–Crippen MR) is 93.3 cm³/mol. The molecule has 0 aliphatic heterocycles. The molecule has 1 N–H and O–H groups in total. The molecular weight excluding hydrogens is 381 g/mol. The zero-order chi connectivity index (χ0) is 19.4. The Bertz CT molecular complexity index is 923. The van der Waals surface area contributed by atoms with Crippen LogP contribution in [0.3, 0.4) is 0 Å². The Labute approximate surface area is 156 Å². The molecule has 0 bridgehead atoms. The largest absolute Gasteiger partial charge is 0.493 e. The fraction of sp³-hybridized carbons (Fsp3) is 0.235. The van der Waals surface area contributed by atoms with E-state index in [0.29, 0.717) is 13.0 Å². The lowest BCUT2D eigenvalue weighted by molar-refractivity contribution is -0.137. The topological polar surface area (TPSA) is 69.0 Å². The van der Waals surface area contributed by atoms with Crippen molar-refractivity contribution >= 4 is 17.2 Å². The number of carbonyl (C=O) groups excluding carboxylic acids is 1. The van der Waals surface area contributed by atoms with Crippen LogP contribution in [0, 0.1) is 0 Å². The summed E-state index contributed by atoms with van der Waals surface area (Å²) >= 11 is 1.48. The second kappa shape index (κ2) is 7.78. The molecule has 0 atom stereocenters. The minimum absolute atomic E-state index is 0.00551. The van der Waals surface area contributed by atoms with Crippen molar-refractivity contribution in [2.24, 2.45) is 0 Å². The molecule has 2 aromatic heterocycles. The van der Waals surface area contributed by atoms with Crippen molar-refractivity contribution in [3.05, 3.63) is 58.3 Å². The van der Waals surface area contributed by atoms with Crippen LogP contribution in [0.25, 0.3) is 5.69 Å². The molecule has 142 valence electrons. The second-order valence-electron chi connectivity index (χ2n) is 5.47. The van der Waals surface area contributed by atoms with Crippen molar-refractivity contribution in [1.29, 1.82) is 0 Å². The van der Waals surface area contributed by atoms with E-state index < -0.39 is 17.6 Å². The summed E-state index contributed by atoms with van der Waals surface area (Å²) in [5.41, 5.74) is -0.636. The first-order valence-corrected chi connectivity index (χ1v) is 8.74. The lowest BCUT2D eigenvalue weighted by Crippen LogP contribution is -2.26. The monoisotopic (exact) mass is 396 g/mol. The fourth-order valence-electron chi connectivity index (χ4n) is 2.36. The quantitative estimate of drug-likeness (QED) is 0.694. The predicted octanol–water partition coefficient (Wildman–Crippen LogP) is 3.33. The number of alkyl halides is 3. The van der Waals surface area contributed by atoms with Crippen molar-refractivity contribution in [3.63, 3.8) is 0 Å². The third-order valence-corrected chi connectivity index (χ3v) is 4.50. The standard InChI is InChI=1S/C17H15F3N4O2S/c1-26-13-10-24(12-4-2-3-11(9-12)17(18,19)20)23-15(13)16(25)22-6-5-14-21-7-8-27-14/h2-4,7-10H,5-6H2,1H3,(H,22,25). The Morgan fingerprint density at radius 3 is 2.85 bits per heavy atom. The van der Waals surface area contributed by atoms with Gasteiger partial charge in [0.25, 0.3) is 5.91 Å². The van der Waals surface area contributed by atoms with E-state index in [1.54, 1.807) is 6.20 Å². The van der Waals surface area contributed by atoms with Gasteiger partial charge in [-0.25, -0.2) is 9.67 Å². The second-order valence-corrected chi connectivity index (χ2v) is 6.45. The van der Waals surface area contributed by atoms with Gasteiger partial charge in [-0.05, 0) is 18.2 Å². The smallest absolute Gasteiger partial charge is 0.416 e. The van der Waals surface area contributed by atoms with Gasteiger partial charge in [0.2, 0.25) is 0 Å². The Morgan fingerprint density at radius 1 is 1.37 bits per heavy atom. The number of rotatable bonds is 6. The average Bonchev–Trinajstić information content (AvgIpc) is 3.30. The molecule has 0 saturated heterocycles. The molecule has 1 aromatic carbocycles. The van der Waals surface area contributed by atoms with E-state index in [1.165, 1.54) is 41.5 Å². The highest BCUT2D eigenvalue weighted by atomic mass is 32.1. The number of ether oxygens (including phenoxy) is 1. The molecule has 6 nitrogen and oxygen atoms in total. The molecule has 3 aromatic rings. The van der Waals surface area contributed by atoms with Crippen LogP contribution in [0.1, 0.15) is 21.1 Å². The molecule has 2 heterocycles. The van der Waals surface area contributed by atoms with Gasteiger partial charge in [0, 0.05) is 24.5 Å². The van der Waals surface area contributed by atoms with Gasteiger partial charge in [-0.2, -0.15) is 18.3 Å². The highest BCUT2D eigenvalue weighted by molar-refractivity contribution is 7.09. The number of hydrogen-bond acceptors (Lipinski definition) is 5. The molecule has 0 aliphatic carbocycles. The van der Waals surface area contributed by atoms with E-state index >= 15 is 0 Å². The van der Waals surface area contributed by atoms with E-state index in [1.807, 2.05) is 5.38 Å². The van der Waals surface area contributed by atoms with Crippen LogP contribution in [-0.4, -0.2) is 34.3 Å². The number of carbonyl (C=O) groups is 1. The van der Waals surface area contributed by atoms with Crippen LogP contribution >= 0.6 is 11.3 Å². The number of hydrogen-bond donors (Lipinski definition) is 1. The van der Waals surface area contributed by atoms with Gasteiger partial charge in [0.1, 0.15) is 0 Å². The fourth-order valence-corrected chi connectivity index (χ4v) is 2.99. The molecule has 27 heavy (non-hydrogen) atoms. The number of aromatic nitrogens is 3. The summed E-state index contributed by atoms with van der Waals surface area (Å²) in [5.74, 6) is -0.312. The van der Waals surface area contributed by atoms with Crippen LogP contribution in [0.15, 0.2) is 42.0 Å². The van der Waals surface area contributed by atoms with E-state index in [9.17, 15) is 18.0 Å². The van der Waals surface area contributed by atoms with Gasteiger partial charge < -0.3 is 10.1 Å². The molecule has 0 fully saturated rings. The van der Waals surface area contributed by atoms with Gasteiger partial charge in [-0.3, -0.25) is 4.79 Å². The summed E-state index contributed by atoms with van der Waals surface area (Å²) in [6.07, 6.45) is -0.851. The maximum Gasteiger partial charge on any atom is 0.416 e. The molecule has 0 saturated carbocycles. The molecular formula is C17H15F3N4O2S. The van der Waals surface area contributed by atoms with E-state index in [0.717, 1.165) is 17.1 Å². The number of methoxy groups -OCH3 is 1. The van der Waals surface area contributed by atoms with Gasteiger partial charge in [-0.15, -0.1) is 11.3 Å². The van der Waals surface area contributed by atoms with Crippen molar-refractivity contribution in [2.75, 3.05) is 13.7 Å². The number of benzene rings is 1. The van der Waals surface area contributed by atoms with Crippen molar-refractivity contribution in [2.45, 2.75) is 12.6 Å². The van der Waals surface area contributed by atoms with Gasteiger partial charge >= 0.3 is 6.18 Å². The van der Waals surface area contributed by atoms with Crippen LogP contribution < -0.4 is 10.1 Å². The molecule has 3 rings (SSSR count). The summed E-state index contributed by atoms with van der Waals surface area (Å²) in [4.78, 5) is 16.5. The maximum atomic E-state index is 12.9. The van der Waals surface area contributed by atoms with Gasteiger partial charge in [0.15, 0.2) is 11.4 Å². The third kappa shape index (κ3) is 4.45. The van der Waals surface area contributed by atoms with E-state index in [4.69, 9.17) is 4.74 Å². The normalized spacial score (nSPS) is 11.4. The summed E-state index contributed by atoms with van der Waals surface area (Å²) in [6.45, 7) is 0.353. The number of nitrogens with one attached hydrogen (secondary N) is 1. The lowest BCUT2D eigenvalue weighted by atomic mass is 10.2. The summed E-state index contributed by atoms with van der Waals surface area (Å²) in [6, 6.07) is 4.67. The van der Waals surface area contributed by atoms with Crippen LogP contribution in [-0.2, 0) is 12.6 Å². The molecule has 0 unspecified atom stereocenters. The molecule has 1 amide bonds. The molecule has 10 heteroatoms. The summed E-state index contributed by atoms with van der Waals surface area (Å²) in [7, 11) is 1.36. The first-order chi connectivity index (χ1) is 12.9. The lowest BCUT2D eigenvalue weighted by Gasteiger charge is -2.08. The Balaban J connectivity index is 1.78. The average molecular weight is 396 g/mol. The molecule has 0 spiro atoms. The zero-order valence-corrected chi connectivity index (χ0v) is 15.0. The summed E-state index contributed by atoms with van der Waals surface area (Å²) < 4.78 is 45.0. The Morgan fingerprint density at radius 2 is 2.19 bits per heavy atom. The van der Waals surface area contributed by atoms with E-state index in [-0.39, 0.29) is 17.1 Å². The maximum absolute atomic E-state index is 12.9. The zero-order valence-electron chi connectivity index (χ0n) is 14.2. The van der Waals surface area contributed by atoms with E-state index in [2.05, 4.69) is 15.4 Å². The number of halogens is 3. The minimum atomic E-state index is -4.47. The van der Waals surface area contributed by atoms with Gasteiger partial charge in [-0.1, -0.05) is 6.07 Å². The number of thiazole rings is 1. The number of amides is 1. The third-order valence-electron chi connectivity index (χ3n) is 3.66. The molecule has 0 aliphatic rings. The van der Waals surface area contributed by atoms with Crippen molar-refractivity contribution in [1.82, 2.24) is 20.1 Å². The SMILES string of the molecule is COc1cn(-c2cccc(C(F)(F)F)c2)nc1C(=O)NCCc1nccs1. The first kappa shape index (κ1) is 18.9.